The molecule has 0 bridgehead atoms. The van der Waals surface area contributed by atoms with Crippen LogP contribution in [0.3, 0.4) is 0 Å². The highest BCUT2D eigenvalue weighted by atomic mass is 32.2. The molecule has 0 aromatic rings. The fraction of sp³-hybridized carbons (Fsp3) is 0.778. The molecule has 2 unspecified atom stereocenters. The Morgan fingerprint density at radius 2 is 2.43 bits per heavy atom. The van der Waals surface area contributed by atoms with E-state index in [0.29, 0.717) is 18.1 Å². The molecule has 1 saturated heterocycles. The van der Waals surface area contributed by atoms with Gasteiger partial charge in [-0.1, -0.05) is 32.0 Å². The van der Waals surface area contributed by atoms with E-state index < -0.39 is 11.5 Å². The molecular weight excluding hydrogens is 202 g/mol. The lowest BCUT2D eigenvalue weighted by molar-refractivity contribution is -0.143. The second-order valence-corrected chi connectivity index (χ2v) is 4.75. The number of hydrogen-bond acceptors (Lipinski definition) is 3. The largest absolute Gasteiger partial charge is 0.479 e. The lowest BCUT2D eigenvalue weighted by Crippen LogP contribution is -2.51. The van der Waals surface area contributed by atoms with Crippen molar-refractivity contribution < 1.29 is 14.7 Å². The quantitative estimate of drug-likeness (QED) is 0.752. The van der Waals surface area contributed by atoms with Crippen LogP contribution in [0.2, 0.25) is 0 Å². The number of aliphatic carboxylic acids is 1. The first kappa shape index (κ1) is 11.4. The third kappa shape index (κ3) is 2.20. The van der Waals surface area contributed by atoms with Crippen LogP contribution in [0.5, 0.6) is 0 Å². The molecule has 14 heavy (non-hydrogen) atoms. The highest BCUT2D eigenvalue weighted by molar-refractivity contribution is 8.14. The SMILES string of the molecule is CCC(C)CC1(C(=O)O)CSC(=O)N1. The number of amides is 1. The van der Waals surface area contributed by atoms with Crippen LogP contribution in [0.25, 0.3) is 0 Å². The molecule has 5 heteroatoms. The normalized spacial score (nSPS) is 28.6. The summed E-state index contributed by atoms with van der Waals surface area (Å²) >= 11 is 1.05. The van der Waals surface area contributed by atoms with Gasteiger partial charge in [-0.15, -0.1) is 0 Å². The van der Waals surface area contributed by atoms with Gasteiger partial charge in [-0.25, -0.2) is 4.79 Å². The van der Waals surface area contributed by atoms with Gasteiger partial charge in [0.15, 0.2) is 0 Å². The summed E-state index contributed by atoms with van der Waals surface area (Å²) in [5.74, 6) is -0.271. The van der Waals surface area contributed by atoms with Crippen molar-refractivity contribution in [1.82, 2.24) is 5.32 Å². The van der Waals surface area contributed by atoms with Gasteiger partial charge >= 0.3 is 5.97 Å². The molecule has 1 amide bonds. The Morgan fingerprint density at radius 3 is 2.79 bits per heavy atom. The van der Waals surface area contributed by atoms with Crippen molar-refractivity contribution >= 4 is 23.0 Å². The van der Waals surface area contributed by atoms with E-state index in [9.17, 15) is 9.59 Å². The zero-order chi connectivity index (χ0) is 10.8. The monoisotopic (exact) mass is 217 g/mol. The number of carbonyl (C=O) groups is 2. The van der Waals surface area contributed by atoms with Gasteiger partial charge in [-0.05, 0) is 12.3 Å². The van der Waals surface area contributed by atoms with E-state index in [1.807, 2.05) is 13.8 Å². The maximum Gasteiger partial charge on any atom is 0.330 e. The van der Waals surface area contributed by atoms with E-state index in [1.54, 1.807) is 0 Å². The molecule has 0 aromatic heterocycles. The summed E-state index contributed by atoms with van der Waals surface area (Å²) in [5.41, 5.74) is -1.03. The Morgan fingerprint density at radius 1 is 1.79 bits per heavy atom. The molecule has 1 heterocycles. The molecule has 1 rings (SSSR count). The summed E-state index contributed by atoms with van der Waals surface area (Å²) in [6, 6.07) is 0. The van der Waals surface area contributed by atoms with E-state index in [0.717, 1.165) is 18.2 Å². The third-order valence-electron chi connectivity index (χ3n) is 2.59. The Labute approximate surface area is 87.4 Å². The maximum atomic E-state index is 11.1. The van der Waals surface area contributed by atoms with E-state index >= 15 is 0 Å². The van der Waals surface area contributed by atoms with Crippen molar-refractivity contribution in [2.75, 3.05) is 5.75 Å². The lowest BCUT2D eigenvalue weighted by Gasteiger charge is -2.25. The zero-order valence-corrected chi connectivity index (χ0v) is 9.19. The number of nitrogens with one attached hydrogen (secondary N) is 1. The van der Waals surface area contributed by atoms with Gasteiger partial charge in [-0.3, -0.25) is 4.79 Å². The first-order chi connectivity index (χ1) is 6.50. The zero-order valence-electron chi connectivity index (χ0n) is 8.37. The van der Waals surface area contributed by atoms with Gasteiger partial charge in [-0.2, -0.15) is 0 Å². The predicted octanol–water partition coefficient (Wildman–Crippen LogP) is 1.70. The average molecular weight is 217 g/mol. The fourth-order valence-corrected chi connectivity index (χ4v) is 2.47. The predicted molar refractivity (Wildman–Crippen MR) is 55.4 cm³/mol. The number of thioether (sulfide) groups is 1. The van der Waals surface area contributed by atoms with Crippen LogP contribution in [0, 0.1) is 5.92 Å². The van der Waals surface area contributed by atoms with E-state index in [2.05, 4.69) is 5.32 Å². The van der Waals surface area contributed by atoms with Gasteiger partial charge in [0.2, 0.25) is 0 Å². The van der Waals surface area contributed by atoms with Gasteiger partial charge in [0.25, 0.3) is 5.24 Å². The molecule has 0 aromatic carbocycles. The molecule has 1 aliphatic heterocycles. The highest BCUT2D eigenvalue weighted by Gasteiger charge is 2.45. The van der Waals surface area contributed by atoms with Crippen LogP contribution in [-0.2, 0) is 4.79 Å². The van der Waals surface area contributed by atoms with Crippen LogP contribution >= 0.6 is 11.8 Å². The molecule has 0 saturated carbocycles. The van der Waals surface area contributed by atoms with E-state index in [4.69, 9.17) is 5.11 Å². The minimum atomic E-state index is -1.03. The van der Waals surface area contributed by atoms with E-state index in [-0.39, 0.29) is 5.24 Å². The Bertz CT molecular complexity index is 256. The Kier molecular flexibility index (Phi) is 3.42. The van der Waals surface area contributed by atoms with Crippen LogP contribution in [0.4, 0.5) is 4.79 Å². The summed E-state index contributed by atoms with van der Waals surface area (Å²) < 4.78 is 0. The number of carbonyl (C=O) groups excluding carboxylic acids is 1. The van der Waals surface area contributed by atoms with Crippen molar-refractivity contribution in [1.29, 1.82) is 0 Å². The maximum absolute atomic E-state index is 11.1. The minimum Gasteiger partial charge on any atom is -0.479 e. The van der Waals surface area contributed by atoms with Crippen LogP contribution in [-0.4, -0.2) is 27.6 Å². The first-order valence-corrected chi connectivity index (χ1v) is 5.67. The van der Waals surface area contributed by atoms with Crippen molar-refractivity contribution in [3.63, 3.8) is 0 Å². The second kappa shape index (κ2) is 4.21. The summed E-state index contributed by atoms with van der Waals surface area (Å²) in [5, 5.41) is 11.4. The van der Waals surface area contributed by atoms with Crippen molar-refractivity contribution in [3.8, 4) is 0 Å². The molecule has 1 aliphatic rings. The van der Waals surface area contributed by atoms with Crippen LogP contribution in [0.1, 0.15) is 26.7 Å². The number of carboxylic acid groups (broad SMARTS) is 1. The average Bonchev–Trinajstić information content (AvgIpc) is 2.48. The fourth-order valence-electron chi connectivity index (χ4n) is 1.51. The van der Waals surface area contributed by atoms with E-state index in [1.165, 1.54) is 0 Å². The lowest BCUT2D eigenvalue weighted by atomic mass is 9.88. The molecular formula is C9H15NO3S. The highest BCUT2D eigenvalue weighted by Crippen LogP contribution is 2.30. The van der Waals surface area contributed by atoms with Gasteiger partial charge in [0, 0.05) is 5.75 Å². The number of rotatable bonds is 4. The molecule has 0 aliphatic carbocycles. The molecule has 0 spiro atoms. The number of carboxylic acids is 1. The topological polar surface area (TPSA) is 66.4 Å². The molecule has 80 valence electrons. The van der Waals surface area contributed by atoms with Gasteiger partial charge in [0.05, 0.1) is 0 Å². The third-order valence-corrected chi connectivity index (χ3v) is 3.60. The smallest absolute Gasteiger partial charge is 0.330 e. The van der Waals surface area contributed by atoms with Gasteiger partial charge in [0.1, 0.15) is 5.54 Å². The summed E-state index contributed by atoms with van der Waals surface area (Å²) in [4.78, 5) is 22.1. The molecule has 4 nitrogen and oxygen atoms in total. The first-order valence-electron chi connectivity index (χ1n) is 4.68. The van der Waals surface area contributed by atoms with Crippen molar-refractivity contribution in [2.45, 2.75) is 32.2 Å². The molecule has 0 radical (unpaired) electrons. The second-order valence-electron chi connectivity index (χ2n) is 3.81. The van der Waals surface area contributed by atoms with Crippen molar-refractivity contribution in [2.24, 2.45) is 5.92 Å². The van der Waals surface area contributed by atoms with Crippen molar-refractivity contribution in [3.05, 3.63) is 0 Å². The Balaban J connectivity index is 2.73. The van der Waals surface area contributed by atoms with Gasteiger partial charge < -0.3 is 10.4 Å². The summed E-state index contributed by atoms with van der Waals surface area (Å²) in [7, 11) is 0. The van der Waals surface area contributed by atoms with Crippen LogP contribution < -0.4 is 5.32 Å². The Hall–Kier alpha value is -0.710. The standard InChI is InChI=1S/C9H15NO3S/c1-3-6(2)4-9(7(11)12)5-14-8(13)10-9/h6H,3-5H2,1-2H3,(H,10,13)(H,11,12). The molecule has 2 atom stereocenters. The van der Waals surface area contributed by atoms with Crippen LogP contribution in [0.15, 0.2) is 0 Å². The minimum absolute atomic E-state index is 0.226. The number of hydrogen-bond donors (Lipinski definition) is 2. The summed E-state index contributed by atoms with van der Waals surface area (Å²) in [6.07, 6.45) is 1.44. The molecule has 2 N–H and O–H groups in total. The summed E-state index contributed by atoms with van der Waals surface area (Å²) in [6.45, 7) is 4.02. The molecule has 1 fully saturated rings.